The average molecular weight is 383 g/mol. The van der Waals surface area contributed by atoms with Crippen LogP contribution in [0.15, 0.2) is 48.5 Å². The first-order chi connectivity index (χ1) is 12.4. The Morgan fingerprint density at radius 3 is 2.11 bits per heavy atom. The Kier molecular flexibility index (Phi) is 6.20. The van der Waals surface area contributed by atoms with Crippen molar-refractivity contribution in [3.05, 3.63) is 59.7 Å². The fourth-order valence-electron chi connectivity index (χ4n) is 3.19. The summed E-state index contributed by atoms with van der Waals surface area (Å²) in [6.45, 7) is 16.1. The predicted octanol–water partition coefficient (Wildman–Crippen LogP) is 6.63. The number of benzene rings is 2. The number of rotatable bonds is 4. The summed E-state index contributed by atoms with van der Waals surface area (Å²) in [4.78, 5) is 14.8. The van der Waals surface area contributed by atoms with Crippen molar-refractivity contribution in [1.29, 1.82) is 0 Å². The summed E-state index contributed by atoms with van der Waals surface area (Å²) >= 11 is 0. The molecule has 0 heterocycles. The Hall–Kier alpha value is -2.07. The summed E-state index contributed by atoms with van der Waals surface area (Å²) < 4.78 is 0. The lowest BCUT2D eigenvalue weighted by Gasteiger charge is -2.34. The van der Waals surface area contributed by atoms with Crippen molar-refractivity contribution in [2.75, 3.05) is 17.3 Å². The molecule has 0 bridgehead atoms. The van der Waals surface area contributed by atoms with E-state index in [0.29, 0.717) is 5.54 Å². The quantitative estimate of drug-likeness (QED) is 0.591. The van der Waals surface area contributed by atoms with Crippen LogP contribution in [-0.4, -0.2) is 21.2 Å². The van der Waals surface area contributed by atoms with Crippen molar-refractivity contribution >= 4 is 25.5 Å². The third kappa shape index (κ3) is 5.01. The summed E-state index contributed by atoms with van der Waals surface area (Å²) in [5, 5.41) is 3.02. The highest BCUT2D eigenvalue weighted by Crippen LogP contribution is 2.40. The van der Waals surface area contributed by atoms with Gasteiger partial charge in [-0.3, -0.25) is 4.90 Å². The van der Waals surface area contributed by atoms with Crippen LogP contribution in [0, 0.1) is 0 Å². The van der Waals surface area contributed by atoms with E-state index < -0.39 is 8.07 Å². The number of anilines is 2. The van der Waals surface area contributed by atoms with Gasteiger partial charge in [-0.1, -0.05) is 83.7 Å². The van der Waals surface area contributed by atoms with E-state index in [2.05, 4.69) is 70.9 Å². The van der Waals surface area contributed by atoms with Gasteiger partial charge >= 0.3 is 6.03 Å². The number of hydrogen-bond acceptors (Lipinski definition) is 1. The second-order valence-corrected chi connectivity index (χ2v) is 15.0. The maximum atomic E-state index is 13.0. The SMILES string of the molecule is CC(c1cccc(C(C)(C)C)c1N(C)C(=O)Nc1ccccc1)[Si](C)(C)C. The van der Waals surface area contributed by atoms with E-state index in [0.717, 1.165) is 11.4 Å². The molecule has 3 nitrogen and oxygen atoms in total. The largest absolute Gasteiger partial charge is 0.326 e. The molecule has 0 aliphatic carbocycles. The van der Waals surface area contributed by atoms with E-state index in [4.69, 9.17) is 0 Å². The van der Waals surface area contributed by atoms with Gasteiger partial charge < -0.3 is 5.32 Å². The number of urea groups is 1. The second-order valence-electron chi connectivity index (χ2n) is 9.44. The zero-order chi connectivity index (χ0) is 20.4. The second kappa shape index (κ2) is 7.89. The minimum atomic E-state index is -1.43. The van der Waals surface area contributed by atoms with E-state index >= 15 is 0 Å². The molecule has 0 spiro atoms. The minimum absolute atomic E-state index is 0.0498. The van der Waals surface area contributed by atoms with Crippen LogP contribution in [0.3, 0.4) is 0 Å². The normalized spacial score (nSPS) is 13.2. The topological polar surface area (TPSA) is 32.3 Å². The lowest BCUT2D eigenvalue weighted by molar-refractivity contribution is 0.258. The van der Waals surface area contributed by atoms with Crippen LogP contribution in [0.5, 0.6) is 0 Å². The fourth-order valence-corrected chi connectivity index (χ4v) is 4.35. The zero-order valence-corrected chi connectivity index (χ0v) is 19.1. The molecule has 1 atom stereocenters. The van der Waals surface area contributed by atoms with E-state index in [-0.39, 0.29) is 11.4 Å². The molecule has 146 valence electrons. The molecule has 0 saturated heterocycles. The molecule has 4 heteroatoms. The molecule has 0 aliphatic heterocycles. The highest BCUT2D eigenvalue weighted by molar-refractivity contribution is 6.77. The van der Waals surface area contributed by atoms with Gasteiger partial charge in [-0.25, -0.2) is 4.79 Å². The molecule has 2 aromatic carbocycles. The van der Waals surface area contributed by atoms with Crippen molar-refractivity contribution in [2.45, 2.75) is 58.3 Å². The van der Waals surface area contributed by atoms with Crippen LogP contribution >= 0.6 is 0 Å². The van der Waals surface area contributed by atoms with Gasteiger partial charge in [-0.15, -0.1) is 0 Å². The van der Waals surface area contributed by atoms with Crippen molar-refractivity contribution in [1.82, 2.24) is 0 Å². The average Bonchev–Trinajstić information content (AvgIpc) is 2.59. The summed E-state index contributed by atoms with van der Waals surface area (Å²) in [7, 11) is 0.450. The number of amides is 2. The lowest BCUT2D eigenvalue weighted by atomic mass is 9.83. The van der Waals surface area contributed by atoms with Crippen molar-refractivity contribution < 1.29 is 4.79 Å². The van der Waals surface area contributed by atoms with Gasteiger partial charge in [-0.05, 0) is 34.2 Å². The van der Waals surface area contributed by atoms with Crippen LogP contribution in [0.25, 0.3) is 0 Å². The molecular formula is C23H34N2OSi. The van der Waals surface area contributed by atoms with Gasteiger partial charge in [0.2, 0.25) is 0 Å². The molecule has 1 N–H and O–H groups in total. The Labute approximate surface area is 165 Å². The molecule has 2 aromatic rings. The van der Waals surface area contributed by atoms with E-state index in [1.165, 1.54) is 11.1 Å². The predicted molar refractivity (Wildman–Crippen MR) is 121 cm³/mol. The van der Waals surface area contributed by atoms with Gasteiger partial charge in [0.05, 0.1) is 13.8 Å². The minimum Gasteiger partial charge on any atom is -0.308 e. The maximum Gasteiger partial charge on any atom is 0.326 e. The van der Waals surface area contributed by atoms with Gasteiger partial charge in [-0.2, -0.15) is 0 Å². The fraction of sp³-hybridized carbons (Fsp3) is 0.435. The molecular weight excluding hydrogens is 348 g/mol. The highest BCUT2D eigenvalue weighted by atomic mass is 28.3. The van der Waals surface area contributed by atoms with Gasteiger partial charge in [0.1, 0.15) is 0 Å². The lowest BCUT2D eigenvalue weighted by Crippen LogP contribution is -2.36. The Morgan fingerprint density at radius 2 is 1.59 bits per heavy atom. The first-order valence-electron chi connectivity index (χ1n) is 9.66. The standard InChI is InChI=1S/C23H34N2OSi/c1-17(27(6,7)8)19-15-12-16-20(23(2,3)4)21(19)25(5)22(26)24-18-13-10-9-11-14-18/h9-17H,1-8H3,(H,24,26). The van der Waals surface area contributed by atoms with Crippen molar-refractivity contribution in [2.24, 2.45) is 0 Å². The summed E-state index contributed by atoms with van der Waals surface area (Å²) in [5.41, 5.74) is 4.73. The molecule has 0 aromatic heterocycles. The van der Waals surface area contributed by atoms with Crippen LogP contribution in [0.1, 0.15) is 44.4 Å². The first-order valence-corrected chi connectivity index (χ1v) is 13.2. The molecule has 1 unspecified atom stereocenters. The van der Waals surface area contributed by atoms with Crippen molar-refractivity contribution in [3.63, 3.8) is 0 Å². The van der Waals surface area contributed by atoms with Crippen LogP contribution in [0.4, 0.5) is 16.2 Å². The number of hydrogen-bond donors (Lipinski definition) is 1. The van der Waals surface area contributed by atoms with E-state index in [9.17, 15) is 4.79 Å². The molecule has 2 rings (SSSR count). The number of nitrogens with one attached hydrogen (secondary N) is 1. The van der Waals surface area contributed by atoms with Crippen LogP contribution < -0.4 is 10.2 Å². The van der Waals surface area contributed by atoms with Crippen LogP contribution in [0.2, 0.25) is 19.6 Å². The van der Waals surface area contributed by atoms with Gasteiger partial charge in [0.25, 0.3) is 0 Å². The molecule has 27 heavy (non-hydrogen) atoms. The first kappa shape index (κ1) is 21.2. The summed E-state index contributed by atoms with van der Waals surface area (Å²) in [6.07, 6.45) is 0. The van der Waals surface area contributed by atoms with Crippen LogP contribution in [-0.2, 0) is 5.41 Å². The van der Waals surface area contributed by atoms with E-state index in [1.807, 2.05) is 37.4 Å². The highest BCUT2D eigenvalue weighted by Gasteiger charge is 2.31. The van der Waals surface area contributed by atoms with Gasteiger partial charge in [0.15, 0.2) is 0 Å². The Bertz CT molecular complexity index is 788. The molecule has 0 saturated carbocycles. The third-order valence-electron chi connectivity index (χ3n) is 5.31. The smallest absolute Gasteiger partial charge is 0.308 e. The Balaban J connectivity index is 2.53. The molecule has 2 amide bonds. The number of nitrogens with zero attached hydrogens (tertiary/aromatic N) is 1. The number of carbonyl (C=O) groups excluding carboxylic acids is 1. The van der Waals surface area contributed by atoms with E-state index in [1.54, 1.807) is 4.90 Å². The third-order valence-corrected chi connectivity index (χ3v) is 8.21. The van der Waals surface area contributed by atoms with Crippen molar-refractivity contribution in [3.8, 4) is 0 Å². The zero-order valence-electron chi connectivity index (χ0n) is 18.1. The summed E-state index contributed by atoms with van der Waals surface area (Å²) in [6, 6.07) is 16.0. The van der Waals surface area contributed by atoms with Gasteiger partial charge in [0, 0.05) is 12.7 Å². The molecule has 0 fully saturated rings. The number of para-hydroxylation sites is 2. The molecule has 0 radical (unpaired) electrons. The Morgan fingerprint density at radius 1 is 1.00 bits per heavy atom. The monoisotopic (exact) mass is 382 g/mol. The maximum absolute atomic E-state index is 13.0. The molecule has 0 aliphatic rings. The number of carbonyl (C=O) groups is 1. The summed E-state index contributed by atoms with van der Waals surface area (Å²) in [5.74, 6) is 0.